The van der Waals surface area contributed by atoms with Crippen LogP contribution in [0.15, 0.2) is 46.9 Å². The fourth-order valence-corrected chi connectivity index (χ4v) is 2.42. The lowest BCUT2D eigenvalue weighted by Gasteiger charge is -2.19. The fourth-order valence-electron chi connectivity index (χ4n) is 1.89. The largest absolute Gasteiger partial charge is 0.478 e. The van der Waals surface area contributed by atoms with Crippen LogP contribution in [-0.2, 0) is 5.41 Å². The fraction of sp³-hybridized carbons (Fsp3) is 0.235. The zero-order chi connectivity index (χ0) is 15.6. The second-order valence-electron chi connectivity index (χ2n) is 5.82. The van der Waals surface area contributed by atoms with Gasteiger partial charge in [-0.3, -0.25) is 0 Å². The molecular weight excluding hydrogens is 332 g/mol. The molecule has 0 amide bonds. The van der Waals surface area contributed by atoms with Gasteiger partial charge in [0, 0.05) is 4.47 Å². The lowest BCUT2D eigenvalue weighted by molar-refractivity contribution is 0.0696. The van der Waals surface area contributed by atoms with Crippen molar-refractivity contribution in [3.63, 3.8) is 0 Å². The molecule has 0 aliphatic carbocycles. The summed E-state index contributed by atoms with van der Waals surface area (Å²) in [4.78, 5) is 11.0. The highest BCUT2D eigenvalue weighted by molar-refractivity contribution is 9.10. The first-order valence-corrected chi connectivity index (χ1v) is 7.38. The predicted molar refractivity (Wildman–Crippen MR) is 86.3 cm³/mol. The maximum absolute atomic E-state index is 11.0. The average Bonchev–Trinajstić information content (AvgIpc) is 2.38. The van der Waals surface area contributed by atoms with Gasteiger partial charge in [-0.1, -0.05) is 32.9 Å². The molecule has 0 heterocycles. The van der Waals surface area contributed by atoms with Gasteiger partial charge >= 0.3 is 5.97 Å². The van der Waals surface area contributed by atoms with E-state index in [4.69, 9.17) is 9.84 Å². The Labute approximate surface area is 132 Å². The third kappa shape index (κ3) is 3.85. The Kier molecular flexibility index (Phi) is 4.37. The van der Waals surface area contributed by atoms with E-state index in [0.717, 1.165) is 5.75 Å². The molecule has 2 aromatic rings. The monoisotopic (exact) mass is 348 g/mol. The van der Waals surface area contributed by atoms with E-state index in [2.05, 4.69) is 36.7 Å². The van der Waals surface area contributed by atoms with Crippen LogP contribution < -0.4 is 4.74 Å². The molecule has 0 saturated carbocycles. The second-order valence-corrected chi connectivity index (χ2v) is 6.68. The van der Waals surface area contributed by atoms with Gasteiger partial charge in [-0.2, -0.15) is 0 Å². The molecule has 0 atom stereocenters. The number of hydrogen-bond acceptors (Lipinski definition) is 2. The molecule has 0 aliphatic heterocycles. The Hall–Kier alpha value is -1.81. The molecule has 0 aliphatic rings. The van der Waals surface area contributed by atoms with Crippen molar-refractivity contribution < 1.29 is 14.6 Å². The molecule has 0 fully saturated rings. The van der Waals surface area contributed by atoms with Crippen molar-refractivity contribution in [2.75, 3.05) is 0 Å². The van der Waals surface area contributed by atoms with Gasteiger partial charge in [-0.25, -0.2) is 4.79 Å². The summed E-state index contributed by atoms with van der Waals surface area (Å²) < 4.78 is 6.24. The van der Waals surface area contributed by atoms with Gasteiger partial charge in [-0.15, -0.1) is 0 Å². The van der Waals surface area contributed by atoms with E-state index in [-0.39, 0.29) is 11.0 Å². The molecule has 1 N–H and O–H groups in total. The van der Waals surface area contributed by atoms with E-state index in [9.17, 15) is 4.79 Å². The summed E-state index contributed by atoms with van der Waals surface area (Å²) in [6.07, 6.45) is 0. The molecule has 0 spiro atoms. The Bertz CT molecular complexity index is 655. The van der Waals surface area contributed by atoms with Crippen LogP contribution in [0.1, 0.15) is 36.7 Å². The molecule has 0 saturated heterocycles. The van der Waals surface area contributed by atoms with E-state index in [1.165, 1.54) is 11.6 Å². The summed E-state index contributed by atoms with van der Waals surface area (Å²) in [5.74, 6) is 0.344. The molecule has 0 aromatic heterocycles. The van der Waals surface area contributed by atoms with E-state index in [1.54, 1.807) is 12.1 Å². The summed E-state index contributed by atoms with van der Waals surface area (Å²) >= 11 is 3.24. The van der Waals surface area contributed by atoms with E-state index >= 15 is 0 Å². The van der Waals surface area contributed by atoms with Crippen molar-refractivity contribution in [1.29, 1.82) is 0 Å². The zero-order valence-electron chi connectivity index (χ0n) is 12.2. The lowest BCUT2D eigenvalue weighted by atomic mass is 9.87. The normalized spacial score (nSPS) is 11.2. The highest BCUT2D eigenvalue weighted by Gasteiger charge is 2.13. The Balaban J connectivity index is 2.19. The standard InChI is InChI=1S/C17H17BrO3/c1-17(2,3)11-4-6-12(7-5-11)21-13-8-9-14(16(19)20)15(18)10-13/h4-10H,1-3H3,(H,19,20). The van der Waals surface area contributed by atoms with Crippen molar-refractivity contribution in [2.24, 2.45) is 0 Å². The van der Waals surface area contributed by atoms with Crippen molar-refractivity contribution >= 4 is 21.9 Å². The van der Waals surface area contributed by atoms with Crippen LogP contribution >= 0.6 is 15.9 Å². The summed E-state index contributed by atoms with van der Waals surface area (Å²) in [5.41, 5.74) is 1.55. The molecule has 4 heteroatoms. The topological polar surface area (TPSA) is 46.5 Å². The van der Waals surface area contributed by atoms with Crippen molar-refractivity contribution in [2.45, 2.75) is 26.2 Å². The summed E-state index contributed by atoms with van der Waals surface area (Å²) in [6.45, 7) is 6.47. The summed E-state index contributed by atoms with van der Waals surface area (Å²) in [5, 5.41) is 8.98. The number of ether oxygens (including phenoxy) is 1. The van der Waals surface area contributed by atoms with Crippen LogP contribution in [0.2, 0.25) is 0 Å². The number of carboxylic acid groups (broad SMARTS) is 1. The van der Waals surface area contributed by atoms with E-state index in [0.29, 0.717) is 10.2 Å². The Morgan fingerprint density at radius 3 is 2.10 bits per heavy atom. The molecular formula is C17H17BrO3. The van der Waals surface area contributed by atoms with Crippen molar-refractivity contribution in [1.82, 2.24) is 0 Å². The predicted octanol–water partition coefficient (Wildman–Crippen LogP) is 5.24. The molecule has 21 heavy (non-hydrogen) atoms. The maximum Gasteiger partial charge on any atom is 0.336 e. The van der Waals surface area contributed by atoms with Gasteiger partial charge in [0.25, 0.3) is 0 Å². The number of carbonyl (C=O) groups is 1. The quantitative estimate of drug-likeness (QED) is 0.825. The van der Waals surface area contributed by atoms with Crippen LogP contribution in [0.25, 0.3) is 0 Å². The third-order valence-corrected chi connectivity index (χ3v) is 3.78. The second kappa shape index (κ2) is 5.90. The van der Waals surface area contributed by atoms with Crippen molar-refractivity contribution in [3.8, 4) is 11.5 Å². The lowest BCUT2D eigenvalue weighted by Crippen LogP contribution is -2.10. The minimum atomic E-state index is -0.969. The number of benzene rings is 2. The zero-order valence-corrected chi connectivity index (χ0v) is 13.8. The average molecular weight is 349 g/mol. The van der Waals surface area contributed by atoms with E-state index < -0.39 is 5.97 Å². The summed E-state index contributed by atoms with van der Waals surface area (Å²) in [7, 11) is 0. The van der Waals surface area contributed by atoms with Gasteiger partial charge in [0.15, 0.2) is 0 Å². The highest BCUT2D eigenvalue weighted by Crippen LogP contribution is 2.29. The molecule has 0 unspecified atom stereocenters. The number of halogens is 1. The minimum Gasteiger partial charge on any atom is -0.478 e. The smallest absolute Gasteiger partial charge is 0.336 e. The van der Waals surface area contributed by atoms with Crippen LogP contribution in [0, 0.1) is 0 Å². The molecule has 2 aromatic carbocycles. The summed E-state index contributed by atoms with van der Waals surface area (Å²) in [6, 6.07) is 12.7. The van der Waals surface area contributed by atoms with E-state index in [1.807, 2.05) is 24.3 Å². The number of aromatic carboxylic acids is 1. The third-order valence-electron chi connectivity index (χ3n) is 3.13. The Morgan fingerprint density at radius 1 is 1.05 bits per heavy atom. The number of rotatable bonds is 3. The maximum atomic E-state index is 11.0. The van der Waals surface area contributed by atoms with Gasteiger partial charge in [-0.05, 0) is 57.2 Å². The molecule has 0 radical (unpaired) electrons. The molecule has 0 bridgehead atoms. The number of carboxylic acids is 1. The molecule has 3 nitrogen and oxygen atoms in total. The first-order valence-electron chi connectivity index (χ1n) is 6.58. The van der Waals surface area contributed by atoms with Crippen molar-refractivity contribution in [3.05, 3.63) is 58.1 Å². The minimum absolute atomic E-state index is 0.102. The molecule has 2 rings (SSSR count). The SMILES string of the molecule is CC(C)(C)c1ccc(Oc2ccc(C(=O)O)c(Br)c2)cc1. The van der Waals surface area contributed by atoms with Gasteiger partial charge in [0.05, 0.1) is 5.56 Å². The van der Waals surface area contributed by atoms with Crippen LogP contribution in [0.3, 0.4) is 0 Å². The van der Waals surface area contributed by atoms with Crippen LogP contribution in [-0.4, -0.2) is 11.1 Å². The highest BCUT2D eigenvalue weighted by atomic mass is 79.9. The Morgan fingerprint density at radius 2 is 1.62 bits per heavy atom. The first-order chi connectivity index (χ1) is 9.77. The van der Waals surface area contributed by atoms with Gasteiger partial charge in [0.2, 0.25) is 0 Å². The van der Waals surface area contributed by atoms with Crippen LogP contribution in [0.4, 0.5) is 0 Å². The molecule has 110 valence electrons. The first kappa shape index (κ1) is 15.6. The van der Waals surface area contributed by atoms with Gasteiger partial charge in [0.1, 0.15) is 11.5 Å². The number of hydrogen-bond donors (Lipinski definition) is 1. The van der Waals surface area contributed by atoms with Crippen LogP contribution in [0.5, 0.6) is 11.5 Å². The van der Waals surface area contributed by atoms with Gasteiger partial charge < -0.3 is 9.84 Å².